The molecular weight excluding hydrogens is 486 g/mol. The van der Waals surface area contributed by atoms with Crippen LogP contribution in [0.25, 0.3) is 0 Å². The van der Waals surface area contributed by atoms with Crippen molar-refractivity contribution < 1.29 is 19.1 Å². The van der Waals surface area contributed by atoms with Crippen molar-refractivity contribution in [2.75, 3.05) is 31.6 Å². The van der Waals surface area contributed by atoms with Gasteiger partial charge in [0.1, 0.15) is 24.7 Å². The molecule has 37 heavy (non-hydrogen) atoms. The summed E-state index contributed by atoms with van der Waals surface area (Å²) in [6.07, 6.45) is 4.45. The van der Waals surface area contributed by atoms with Crippen LogP contribution < -0.4 is 20.1 Å². The van der Waals surface area contributed by atoms with E-state index < -0.39 is 0 Å². The van der Waals surface area contributed by atoms with Crippen LogP contribution in [0.3, 0.4) is 0 Å². The van der Waals surface area contributed by atoms with Crippen molar-refractivity contribution >= 4 is 34.8 Å². The van der Waals surface area contributed by atoms with Gasteiger partial charge < -0.3 is 19.7 Å². The van der Waals surface area contributed by atoms with Gasteiger partial charge in [0.05, 0.1) is 5.56 Å². The number of para-hydroxylation sites is 2. The van der Waals surface area contributed by atoms with Crippen molar-refractivity contribution in [2.24, 2.45) is 0 Å². The zero-order valence-corrected chi connectivity index (χ0v) is 21.5. The molecule has 1 aliphatic heterocycles. The number of anilines is 1. The van der Waals surface area contributed by atoms with Gasteiger partial charge in [0.25, 0.3) is 11.8 Å². The fraction of sp³-hybridized carbons (Fsp3) is 0.276. The SMILES string of the molecule is O=C(NC(=S)Nc1ccc(C(=O)N2CCCCCC2)cc1)c1ccccc1OCCOc1ccccc1. The number of ether oxygens (including phenoxy) is 2. The molecule has 0 saturated carbocycles. The second kappa shape index (κ2) is 13.4. The number of amides is 2. The van der Waals surface area contributed by atoms with Crippen molar-refractivity contribution in [3.63, 3.8) is 0 Å². The molecule has 1 saturated heterocycles. The lowest BCUT2D eigenvalue weighted by molar-refractivity contribution is 0.0761. The van der Waals surface area contributed by atoms with E-state index in [2.05, 4.69) is 10.6 Å². The van der Waals surface area contributed by atoms with Crippen LogP contribution in [0.1, 0.15) is 46.4 Å². The maximum atomic E-state index is 12.9. The number of hydrogen-bond donors (Lipinski definition) is 2. The third-order valence-electron chi connectivity index (χ3n) is 5.99. The number of likely N-dealkylation sites (tertiary alicyclic amines) is 1. The third kappa shape index (κ3) is 7.79. The number of carbonyl (C=O) groups is 2. The molecule has 7 nitrogen and oxygen atoms in total. The fourth-order valence-corrected chi connectivity index (χ4v) is 4.30. The first-order valence-corrected chi connectivity index (χ1v) is 12.9. The predicted molar refractivity (Wildman–Crippen MR) is 148 cm³/mol. The quantitative estimate of drug-likeness (QED) is 0.312. The van der Waals surface area contributed by atoms with E-state index in [1.54, 1.807) is 48.5 Å². The first kappa shape index (κ1) is 26.2. The first-order chi connectivity index (χ1) is 18.1. The minimum atomic E-state index is -0.384. The molecule has 192 valence electrons. The minimum Gasteiger partial charge on any atom is -0.490 e. The topological polar surface area (TPSA) is 79.9 Å². The fourth-order valence-electron chi connectivity index (χ4n) is 4.09. The van der Waals surface area contributed by atoms with Crippen LogP contribution >= 0.6 is 12.2 Å². The van der Waals surface area contributed by atoms with Crippen LogP contribution in [0.5, 0.6) is 11.5 Å². The van der Waals surface area contributed by atoms with Gasteiger partial charge >= 0.3 is 0 Å². The van der Waals surface area contributed by atoms with Gasteiger partial charge in [0.2, 0.25) is 0 Å². The van der Waals surface area contributed by atoms with Crippen LogP contribution in [-0.4, -0.2) is 48.1 Å². The summed E-state index contributed by atoms with van der Waals surface area (Å²) in [7, 11) is 0. The molecule has 3 aromatic carbocycles. The highest BCUT2D eigenvalue weighted by Gasteiger charge is 2.17. The first-order valence-electron chi connectivity index (χ1n) is 12.5. The maximum Gasteiger partial charge on any atom is 0.261 e. The molecule has 2 amide bonds. The molecule has 0 bridgehead atoms. The molecule has 0 spiro atoms. The van der Waals surface area contributed by atoms with Crippen molar-refractivity contribution in [1.82, 2.24) is 10.2 Å². The van der Waals surface area contributed by atoms with Crippen LogP contribution in [0, 0.1) is 0 Å². The van der Waals surface area contributed by atoms with Gasteiger partial charge in [-0.15, -0.1) is 0 Å². The van der Waals surface area contributed by atoms with Crippen LogP contribution in [0.2, 0.25) is 0 Å². The smallest absolute Gasteiger partial charge is 0.261 e. The van der Waals surface area contributed by atoms with E-state index in [0.29, 0.717) is 29.2 Å². The van der Waals surface area contributed by atoms with E-state index >= 15 is 0 Å². The van der Waals surface area contributed by atoms with Gasteiger partial charge in [0, 0.05) is 24.3 Å². The number of hydrogen-bond acceptors (Lipinski definition) is 5. The van der Waals surface area contributed by atoms with Crippen molar-refractivity contribution in [1.29, 1.82) is 0 Å². The Morgan fingerprint density at radius 1 is 0.784 bits per heavy atom. The third-order valence-corrected chi connectivity index (χ3v) is 6.20. The minimum absolute atomic E-state index is 0.0510. The summed E-state index contributed by atoms with van der Waals surface area (Å²) in [5, 5.41) is 5.85. The zero-order chi connectivity index (χ0) is 25.9. The molecular formula is C29H31N3O4S. The van der Waals surface area contributed by atoms with Gasteiger partial charge in [-0.25, -0.2) is 0 Å². The highest BCUT2D eigenvalue weighted by molar-refractivity contribution is 7.80. The molecule has 1 heterocycles. The van der Waals surface area contributed by atoms with E-state index in [0.717, 1.165) is 31.7 Å². The summed E-state index contributed by atoms with van der Waals surface area (Å²) in [4.78, 5) is 27.6. The molecule has 0 atom stereocenters. The Balaban J connectivity index is 1.27. The molecule has 0 aromatic heterocycles. The van der Waals surface area contributed by atoms with Crippen LogP contribution in [-0.2, 0) is 0 Å². The van der Waals surface area contributed by atoms with Gasteiger partial charge in [-0.3, -0.25) is 14.9 Å². The average Bonchev–Trinajstić information content (AvgIpc) is 3.22. The summed E-state index contributed by atoms with van der Waals surface area (Å²) in [5.41, 5.74) is 1.69. The lowest BCUT2D eigenvalue weighted by Crippen LogP contribution is -2.34. The van der Waals surface area contributed by atoms with Crippen molar-refractivity contribution in [3.05, 3.63) is 90.0 Å². The summed E-state index contributed by atoms with van der Waals surface area (Å²) in [6.45, 7) is 2.24. The molecule has 0 unspecified atom stereocenters. The number of benzene rings is 3. The van der Waals surface area contributed by atoms with Crippen LogP contribution in [0.15, 0.2) is 78.9 Å². The second-order valence-corrected chi connectivity index (χ2v) is 9.11. The Kier molecular flexibility index (Phi) is 9.48. The number of nitrogens with one attached hydrogen (secondary N) is 2. The molecule has 4 rings (SSSR count). The van der Waals surface area contributed by atoms with Crippen molar-refractivity contribution in [2.45, 2.75) is 25.7 Å². The Bertz CT molecular complexity index is 1190. The Labute approximate surface area is 222 Å². The zero-order valence-electron chi connectivity index (χ0n) is 20.7. The molecule has 1 fully saturated rings. The Morgan fingerprint density at radius 3 is 2.16 bits per heavy atom. The van der Waals surface area contributed by atoms with E-state index in [9.17, 15) is 9.59 Å². The molecule has 0 aliphatic carbocycles. The number of carbonyl (C=O) groups excluding carboxylic acids is 2. The Morgan fingerprint density at radius 2 is 1.43 bits per heavy atom. The average molecular weight is 518 g/mol. The number of rotatable bonds is 8. The normalized spacial score (nSPS) is 13.2. The second-order valence-electron chi connectivity index (χ2n) is 8.70. The molecule has 3 aromatic rings. The lowest BCUT2D eigenvalue weighted by atomic mass is 10.1. The largest absolute Gasteiger partial charge is 0.490 e. The Hall–Kier alpha value is -3.91. The summed E-state index contributed by atoms with van der Waals surface area (Å²) in [5.74, 6) is 0.865. The number of nitrogens with zero attached hydrogens (tertiary/aromatic N) is 1. The van der Waals surface area contributed by atoms with Gasteiger partial charge in [0.15, 0.2) is 5.11 Å². The highest BCUT2D eigenvalue weighted by Crippen LogP contribution is 2.19. The van der Waals surface area contributed by atoms with Gasteiger partial charge in [-0.05, 0) is 73.6 Å². The monoisotopic (exact) mass is 517 g/mol. The predicted octanol–water partition coefficient (Wildman–Crippen LogP) is 5.29. The molecule has 2 N–H and O–H groups in total. The molecule has 1 aliphatic rings. The summed E-state index contributed by atoms with van der Waals surface area (Å²) in [6, 6.07) is 23.6. The molecule has 0 radical (unpaired) electrons. The van der Waals surface area contributed by atoms with Gasteiger partial charge in [-0.1, -0.05) is 43.2 Å². The molecule has 8 heteroatoms. The summed E-state index contributed by atoms with van der Waals surface area (Å²) < 4.78 is 11.4. The maximum absolute atomic E-state index is 12.9. The lowest BCUT2D eigenvalue weighted by Gasteiger charge is -2.20. The number of thiocarbonyl (C=S) groups is 1. The van der Waals surface area contributed by atoms with E-state index in [-0.39, 0.29) is 23.5 Å². The van der Waals surface area contributed by atoms with E-state index in [1.165, 1.54) is 12.8 Å². The van der Waals surface area contributed by atoms with Crippen molar-refractivity contribution in [3.8, 4) is 11.5 Å². The standard InChI is InChI=1S/C29H31N3O4S/c33-27(25-12-6-7-13-26(25)36-21-20-35-24-10-4-3-5-11-24)31-29(37)30-23-16-14-22(15-17-23)28(34)32-18-8-1-2-9-19-32/h3-7,10-17H,1-2,8-9,18-21H2,(H2,30,31,33,37). The van der Waals surface area contributed by atoms with E-state index in [1.807, 2.05) is 35.2 Å². The highest BCUT2D eigenvalue weighted by atomic mass is 32.1. The van der Waals surface area contributed by atoms with Gasteiger partial charge in [-0.2, -0.15) is 0 Å². The van der Waals surface area contributed by atoms with E-state index in [4.69, 9.17) is 21.7 Å². The van der Waals surface area contributed by atoms with Crippen LogP contribution in [0.4, 0.5) is 5.69 Å². The summed E-state index contributed by atoms with van der Waals surface area (Å²) >= 11 is 5.34.